The standard InChI is InChI=1S/C20H21N.C4H4N2.ClH/c1-12-10-19-18(17-6-4-3-5-16(12)17)8-7-14-11-15(21)9-13(2)20(14)19;1-2-5-4-6-3-1;/h3-9,12-13H,10-11,21H2,1-2H3;1-4H;1H. The lowest BCUT2D eigenvalue weighted by atomic mass is 9.73. The normalized spacial score (nSPS) is 18.9. The van der Waals surface area contributed by atoms with E-state index in [1.807, 2.05) is 0 Å². The molecule has 0 fully saturated rings. The van der Waals surface area contributed by atoms with Crippen molar-refractivity contribution in [3.8, 4) is 11.1 Å². The highest BCUT2D eigenvalue weighted by Gasteiger charge is 2.27. The minimum atomic E-state index is 0. The van der Waals surface area contributed by atoms with Gasteiger partial charge in [-0.15, -0.1) is 12.4 Å². The maximum absolute atomic E-state index is 6.08. The minimum absolute atomic E-state index is 0. The van der Waals surface area contributed by atoms with Crippen LogP contribution in [0.15, 0.2) is 73.0 Å². The van der Waals surface area contributed by atoms with Crippen LogP contribution in [-0.4, -0.2) is 9.97 Å². The maximum Gasteiger partial charge on any atom is 0.115 e. The number of fused-ring (bicyclic) bond motifs is 5. The van der Waals surface area contributed by atoms with Gasteiger partial charge < -0.3 is 5.73 Å². The molecule has 0 aliphatic heterocycles. The molecule has 0 saturated carbocycles. The molecule has 0 saturated heterocycles. The van der Waals surface area contributed by atoms with Gasteiger partial charge in [-0.1, -0.05) is 56.3 Å². The fourth-order valence-electron chi connectivity index (χ4n) is 4.43. The number of hydrogen-bond acceptors (Lipinski definition) is 3. The third-order valence-electron chi connectivity index (χ3n) is 5.53. The largest absolute Gasteiger partial charge is 0.402 e. The van der Waals surface area contributed by atoms with E-state index in [0.29, 0.717) is 11.8 Å². The smallest absolute Gasteiger partial charge is 0.115 e. The Morgan fingerprint density at radius 1 is 0.929 bits per heavy atom. The first-order chi connectivity index (χ1) is 13.1. The number of rotatable bonds is 0. The van der Waals surface area contributed by atoms with Gasteiger partial charge in [0.05, 0.1) is 0 Å². The van der Waals surface area contributed by atoms with E-state index in [-0.39, 0.29) is 12.4 Å². The summed E-state index contributed by atoms with van der Waals surface area (Å²) in [5.74, 6) is 1.02. The van der Waals surface area contributed by atoms with E-state index in [1.165, 1.54) is 34.1 Å². The summed E-state index contributed by atoms with van der Waals surface area (Å²) in [6, 6.07) is 15.2. The summed E-state index contributed by atoms with van der Waals surface area (Å²) >= 11 is 0. The minimum Gasteiger partial charge on any atom is -0.402 e. The first-order valence-corrected chi connectivity index (χ1v) is 9.55. The highest BCUT2D eigenvalue weighted by Crippen LogP contribution is 2.44. The number of hydrogen-bond donors (Lipinski definition) is 1. The van der Waals surface area contributed by atoms with Crippen LogP contribution in [0.2, 0.25) is 0 Å². The molecule has 0 bridgehead atoms. The summed E-state index contributed by atoms with van der Waals surface area (Å²) in [5.41, 5.74) is 15.9. The molecule has 2 atom stereocenters. The van der Waals surface area contributed by atoms with Crippen molar-refractivity contribution < 1.29 is 0 Å². The summed E-state index contributed by atoms with van der Waals surface area (Å²) in [6.07, 6.45) is 9.16. The number of halogens is 1. The van der Waals surface area contributed by atoms with Crippen LogP contribution >= 0.6 is 12.4 Å². The molecule has 2 aromatic carbocycles. The van der Waals surface area contributed by atoms with Crippen molar-refractivity contribution in [1.82, 2.24) is 9.97 Å². The van der Waals surface area contributed by atoms with Crippen LogP contribution in [0, 0.1) is 0 Å². The predicted molar refractivity (Wildman–Crippen MR) is 118 cm³/mol. The van der Waals surface area contributed by atoms with E-state index >= 15 is 0 Å². The lowest BCUT2D eigenvalue weighted by Crippen LogP contribution is -2.18. The second-order valence-electron chi connectivity index (χ2n) is 7.47. The van der Waals surface area contributed by atoms with Crippen LogP contribution in [-0.2, 0) is 12.8 Å². The lowest BCUT2D eigenvalue weighted by molar-refractivity contribution is 0.727. The molecule has 0 spiro atoms. The van der Waals surface area contributed by atoms with Gasteiger partial charge in [-0.05, 0) is 51.8 Å². The zero-order chi connectivity index (χ0) is 18.8. The SMILES string of the molecule is CC1C=C(N)Cc2ccc3c(c21)CC(C)c1ccccc1-3.Cl.c1cncnc1. The van der Waals surface area contributed by atoms with Gasteiger partial charge in [0.25, 0.3) is 0 Å². The molecule has 3 aromatic rings. The molecule has 0 amide bonds. The Hall–Kier alpha value is -2.65. The highest BCUT2D eigenvalue weighted by molar-refractivity contribution is 5.85. The predicted octanol–water partition coefficient (Wildman–Crippen LogP) is 5.41. The van der Waals surface area contributed by atoms with E-state index in [4.69, 9.17) is 5.73 Å². The van der Waals surface area contributed by atoms with Crippen molar-refractivity contribution in [2.75, 3.05) is 0 Å². The summed E-state index contributed by atoms with van der Waals surface area (Å²) < 4.78 is 0. The van der Waals surface area contributed by atoms with Crippen LogP contribution < -0.4 is 5.73 Å². The van der Waals surface area contributed by atoms with Crippen LogP contribution in [0.4, 0.5) is 0 Å². The third-order valence-corrected chi connectivity index (χ3v) is 5.53. The molecule has 1 aromatic heterocycles. The molecule has 2 N–H and O–H groups in total. The lowest BCUT2D eigenvalue weighted by Gasteiger charge is -2.31. The molecule has 0 radical (unpaired) electrons. The quantitative estimate of drug-likeness (QED) is 0.557. The van der Waals surface area contributed by atoms with Gasteiger partial charge in [0.2, 0.25) is 0 Å². The van der Waals surface area contributed by atoms with E-state index in [2.05, 4.69) is 66.3 Å². The van der Waals surface area contributed by atoms with Gasteiger partial charge in [0.1, 0.15) is 6.33 Å². The average Bonchev–Trinajstić information content (AvgIpc) is 2.69. The fourth-order valence-corrected chi connectivity index (χ4v) is 4.43. The van der Waals surface area contributed by atoms with Gasteiger partial charge >= 0.3 is 0 Å². The van der Waals surface area contributed by atoms with Crippen LogP contribution in [0.1, 0.15) is 47.9 Å². The Bertz CT molecular complexity index is 956. The topological polar surface area (TPSA) is 51.8 Å². The number of aromatic nitrogens is 2. The van der Waals surface area contributed by atoms with Gasteiger partial charge in [-0.2, -0.15) is 0 Å². The van der Waals surface area contributed by atoms with E-state index < -0.39 is 0 Å². The molecule has 2 aliphatic carbocycles. The Morgan fingerprint density at radius 3 is 2.36 bits per heavy atom. The van der Waals surface area contributed by atoms with E-state index in [0.717, 1.165) is 18.5 Å². The number of nitrogens with zero attached hydrogens (tertiary/aromatic N) is 2. The fraction of sp³-hybridized carbons (Fsp3) is 0.250. The van der Waals surface area contributed by atoms with E-state index in [1.54, 1.807) is 24.0 Å². The number of benzene rings is 2. The van der Waals surface area contributed by atoms with Crippen LogP contribution in [0.3, 0.4) is 0 Å². The Balaban J connectivity index is 0.000000278. The van der Waals surface area contributed by atoms with Crippen molar-refractivity contribution in [2.45, 2.75) is 38.5 Å². The zero-order valence-electron chi connectivity index (χ0n) is 16.3. The van der Waals surface area contributed by atoms with Gasteiger partial charge in [0.15, 0.2) is 0 Å². The molecular formula is C24H26ClN3. The van der Waals surface area contributed by atoms with Crippen molar-refractivity contribution >= 4 is 12.4 Å². The first-order valence-electron chi connectivity index (χ1n) is 9.55. The second kappa shape index (κ2) is 8.57. The van der Waals surface area contributed by atoms with Crippen molar-refractivity contribution in [1.29, 1.82) is 0 Å². The molecular weight excluding hydrogens is 366 g/mol. The highest BCUT2D eigenvalue weighted by atomic mass is 35.5. The van der Waals surface area contributed by atoms with Crippen molar-refractivity contribution in [2.24, 2.45) is 5.73 Å². The third kappa shape index (κ3) is 3.81. The average molecular weight is 392 g/mol. The molecule has 5 rings (SSSR count). The first kappa shape index (κ1) is 20.1. The van der Waals surface area contributed by atoms with Gasteiger partial charge in [-0.25, -0.2) is 9.97 Å². The molecule has 1 heterocycles. The molecule has 2 unspecified atom stereocenters. The molecule has 3 nitrogen and oxygen atoms in total. The molecule has 2 aliphatic rings. The van der Waals surface area contributed by atoms with Gasteiger partial charge in [-0.3, -0.25) is 0 Å². The van der Waals surface area contributed by atoms with Crippen LogP contribution in [0.5, 0.6) is 0 Å². The summed E-state index contributed by atoms with van der Waals surface area (Å²) in [7, 11) is 0. The Morgan fingerprint density at radius 2 is 1.68 bits per heavy atom. The second-order valence-corrected chi connectivity index (χ2v) is 7.47. The Kier molecular flexibility index (Phi) is 6.15. The zero-order valence-corrected chi connectivity index (χ0v) is 17.1. The maximum atomic E-state index is 6.08. The Labute approximate surface area is 173 Å². The molecule has 4 heteroatoms. The summed E-state index contributed by atoms with van der Waals surface area (Å²) in [4.78, 5) is 7.35. The molecule has 28 heavy (non-hydrogen) atoms. The van der Waals surface area contributed by atoms with Crippen molar-refractivity contribution in [3.63, 3.8) is 0 Å². The number of nitrogens with two attached hydrogens (primary N) is 1. The van der Waals surface area contributed by atoms with Gasteiger partial charge in [0, 0.05) is 30.4 Å². The van der Waals surface area contributed by atoms with Crippen LogP contribution in [0.25, 0.3) is 11.1 Å². The monoisotopic (exact) mass is 391 g/mol. The summed E-state index contributed by atoms with van der Waals surface area (Å²) in [6.45, 7) is 4.62. The number of allylic oxidation sites excluding steroid dienone is 2. The molecule has 144 valence electrons. The van der Waals surface area contributed by atoms with E-state index in [9.17, 15) is 0 Å². The van der Waals surface area contributed by atoms with Crippen molar-refractivity contribution in [3.05, 3.63) is 95.2 Å². The summed E-state index contributed by atoms with van der Waals surface area (Å²) in [5, 5.41) is 0.